The predicted octanol–water partition coefficient (Wildman–Crippen LogP) is 3.21. The molecule has 0 amide bonds. The first kappa shape index (κ1) is 23.9. The van der Waals surface area contributed by atoms with Crippen LogP contribution in [0, 0.1) is 5.92 Å². The number of aromatic hydroxyl groups is 1. The lowest BCUT2D eigenvalue weighted by Gasteiger charge is -2.31. The highest BCUT2D eigenvalue weighted by Gasteiger charge is 2.32. The van der Waals surface area contributed by atoms with Crippen LogP contribution in [-0.2, 0) is 19.0 Å². The zero-order valence-electron chi connectivity index (χ0n) is 18.5. The van der Waals surface area contributed by atoms with Crippen molar-refractivity contribution in [1.82, 2.24) is 4.57 Å². The van der Waals surface area contributed by atoms with Crippen molar-refractivity contribution in [1.29, 1.82) is 0 Å². The summed E-state index contributed by atoms with van der Waals surface area (Å²) < 4.78 is 17.1. The number of aromatic nitrogens is 1. The van der Waals surface area contributed by atoms with E-state index in [0.29, 0.717) is 6.42 Å². The first-order valence-corrected chi connectivity index (χ1v) is 10.4. The maximum atomic E-state index is 13.0. The Morgan fingerprint density at radius 3 is 2.40 bits per heavy atom. The zero-order valence-corrected chi connectivity index (χ0v) is 18.5. The van der Waals surface area contributed by atoms with Gasteiger partial charge in [-0.15, -0.1) is 0 Å². The Balaban J connectivity index is 2.38. The van der Waals surface area contributed by atoms with E-state index in [0.717, 1.165) is 31.7 Å². The van der Waals surface area contributed by atoms with Gasteiger partial charge in [-0.3, -0.25) is 4.79 Å². The zero-order chi connectivity index (χ0) is 22.5. The lowest BCUT2D eigenvalue weighted by Crippen LogP contribution is -2.36. The molecule has 1 unspecified atom stereocenters. The fourth-order valence-electron chi connectivity index (χ4n) is 3.76. The molecular formula is C22H33NO7. The topological polar surface area (TPSA) is 104 Å². The van der Waals surface area contributed by atoms with E-state index < -0.39 is 34.9 Å². The molecule has 8 heteroatoms. The minimum absolute atomic E-state index is 0.121. The number of carbonyl (C=O) groups excluding carboxylic acids is 2. The van der Waals surface area contributed by atoms with Crippen LogP contribution in [0.5, 0.6) is 5.75 Å². The number of hydrogen-bond acceptors (Lipinski definition) is 7. The summed E-state index contributed by atoms with van der Waals surface area (Å²) in [7, 11) is 1.70. The molecule has 1 aromatic heterocycles. The number of rotatable bonds is 7. The molecule has 1 fully saturated rings. The number of hydrogen-bond donors (Lipinski definition) is 1. The average Bonchev–Trinajstić information content (AvgIpc) is 2.66. The van der Waals surface area contributed by atoms with E-state index in [1.165, 1.54) is 10.8 Å². The maximum Gasteiger partial charge on any atom is 0.343 e. The van der Waals surface area contributed by atoms with E-state index in [1.807, 2.05) is 0 Å². The Morgan fingerprint density at radius 2 is 1.87 bits per heavy atom. The Morgan fingerprint density at radius 1 is 1.23 bits per heavy atom. The molecule has 2 rings (SSSR count). The van der Waals surface area contributed by atoms with Gasteiger partial charge in [-0.05, 0) is 65.7 Å². The summed E-state index contributed by atoms with van der Waals surface area (Å²) in [5.41, 5.74) is -1.47. The monoisotopic (exact) mass is 423 g/mol. The first-order valence-electron chi connectivity index (χ1n) is 10.4. The van der Waals surface area contributed by atoms with E-state index in [-0.39, 0.29) is 24.2 Å². The molecule has 0 aliphatic heterocycles. The van der Waals surface area contributed by atoms with Crippen molar-refractivity contribution in [3.05, 3.63) is 28.2 Å². The van der Waals surface area contributed by atoms with Crippen LogP contribution in [0.3, 0.4) is 0 Å². The van der Waals surface area contributed by atoms with Crippen LogP contribution in [-0.4, -0.2) is 47.0 Å². The Bertz CT molecular complexity index is 801. The molecule has 1 N–H and O–H groups in total. The van der Waals surface area contributed by atoms with Crippen LogP contribution in [0.4, 0.5) is 0 Å². The van der Waals surface area contributed by atoms with E-state index >= 15 is 0 Å². The quantitative estimate of drug-likeness (QED) is 0.672. The molecule has 8 nitrogen and oxygen atoms in total. The van der Waals surface area contributed by atoms with E-state index in [2.05, 4.69) is 0 Å². The van der Waals surface area contributed by atoms with Crippen LogP contribution in [0.25, 0.3) is 0 Å². The number of ether oxygens (including phenoxy) is 3. The second-order valence-corrected chi connectivity index (χ2v) is 8.70. The van der Waals surface area contributed by atoms with Crippen molar-refractivity contribution in [3.63, 3.8) is 0 Å². The molecule has 1 atom stereocenters. The summed E-state index contributed by atoms with van der Waals surface area (Å²) in [6, 6.07) is 0.0282. The minimum Gasteiger partial charge on any atom is -0.507 e. The van der Waals surface area contributed by atoms with Gasteiger partial charge in [-0.1, -0.05) is 0 Å². The molecule has 1 saturated carbocycles. The van der Waals surface area contributed by atoms with Gasteiger partial charge in [-0.2, -0.15) is 0 Å². The highest BCUT2D eigenvalue weighted by atomic mass is 16.6. The summed E-state index contributed by atoms with van der Waals surface area (Å²) in [5.74, 6) is -1.56. The Labute approximate surface area is 177 Å². The Hall–Kier alpha value is -2.35. The van der Waals surface area contributed by atoms with E-state index in [1.54, 1.807) is 34.8 Å². The van der Waals surface area contributed by atoms with E-state index in [9.17, 15) is 19.5 Å². The molecule has 1 aromatic rings. The second kappa shape index (κ2) is 10.1. The summed E-state index contributed by atoms with van der Waals surface area (Å²) >= 11 is 0. The van der Waals surface area contributed by atoms with Gasteiger partial charge >= 0.3 is 11.9 Å². The van der Waals surface area contributed by atoms with Gasteiger partial charge < -0.3 is 23.9 Å². The lowest BCUT2D eigenvalue weighted by molar-refractivity contribution is -0.160. The van der Waals surface area contributed by atoms with Gasteiger partial charge in [0.2, 0.25) is 0 Å². The molecule has 0 bridgehead atoms. The summed E-state index contributed by atoms with van der Waals surface area (Å²) in [4.78, 5) is 37.8. The van der Waals surface area contributed by atoms with Crippen LogP contribution in [0.2, 0.25) is 0 Å². The van der Waals surface area contributed by atoms with Crippen molar-refractivity contribution in [2.24, 2.45) is 5.92 Å². The summed E-state index contributed by atoms with van der Waals surface area (Å²) in [5, 5.41) is 10.1. The fourth-order valence-corrected chi connectivity index (χ4v) is 3.76. The van der Waals surface area contributed by atoms with Gasteiger partial charge in [0.25, 0.3) is 5.56 Å². The molecule has 0 spiro atoms. The summed E-state index contributed by atoms with van der Waals surface area (Å²) in [6.07, 6.45) is 5.34. The highest BCUT2D eigenvalue weighted by Crippen LogP contribution is 2.33. The molecule has 1 heterocycles. The number of carbonyl (C=O) groups is 2. The molecule has 168 valence electrons. The molecular weight excluding hydrogens is 390 g/mol. The highest BCUT2D eigenvalue weighted by molar-refractivity contribution is 5.92. The standard InChI is InChI=1S/C22H33NO7/c1-6-29-20(26)16-13-23(19(25)12-18(16)24)17(21(27)30-22(2,3)4)11-14-7-9-15(28-5)10-8-14/h12-15,17,24H,6-11H2,1-5H3. The molecule has 0 saturated heterocycles. The number of pyridine rings is 1. The normalized spacial score (nSPS) is 20.4. The maximum absolute atomic E-state index is 13.0. The molecule has 1 aliphatic carbocycles. The fraction of sp³-hybridized carbons (Fsp3) is 0.682. The van der Waals surface area contributed by atoms with Crippen molar-refractivity contribution in [2.75, 3.05) is 13.7 Å². The third-order valence-corrected chi connectivity index (χ3v) is 5.25. The molecule has 0 radical (unpaired) electrons. The van der Waals surface area contributed by atoms with Gasteiger partial charge in [0.1, 0.15) is 23.0 Å². The lowest BCUT2D eigenvalue weighted by atomic mass is 9.83. The minimum atomic E-state index is -0.908. The van der Waals surface area contributed by atoms with Gasteiger partial charge in [-0.25, -0.2) is 9.59 Å². The van der Waals surface area contributed by atoms with Gasteiger partial charge in [0, 0.05) is 19.4 Å². The largest absolute Gasteiger partial charge is 0.507 e. The average molecular weight is 424 g/mol. The van der Waals surface area contributed by atoms with Crippen LogP contribution in [0.15, 0.2) is 17.1 Å². The molecule has 1 aliphatic rings. The number of methoxy groups -OCH3 is 1. The third kappa shape index (κ3) is 6.32. The van der Waals surface area contributed by atoms with Crippen molar-refractivity contribution >= 4 is 11.9 Å². The third-order valence-electron chi connectivity index (χ3n) is 5.25. The van der Waals surface area contributed by atoms with E-state index in [4.69, 9.17) is 14.2 Å². The molecule has 30 heavy (non-hydrogen) atoms. The first-order chi connectivity index (χ1) is 14.1. The smallest absolute Gasteiger partial charge is 0.343 e. The van der Waals surface area contributed by atoms with Crippen molar-refractivity contribution in [2.45, 2.75) is 77.5 Å². The van der Waals surface area contributed by atoms with Gasteiger partial charge in [0.05, 0.1) is 12.7 Å². The van der Waals surface area contributed by atoms with Gasteiger partial charge in [0.15, 0.2) is 0 Å². The second-order valence-electron chi connectivity index (χ2n) is 8.70. The van der Waals surface area contributed by atoms with Crippen LogP contribution in [0.1, 0.15) is 76.2 Å². The number of esters is 2. The van der Waals surface area contributed by atoms with Crippen molar-refractivity contribution < 1.29 is 28.9 Å². The predicted molar refractivity (Wildman–Crippen MR) is 111 cm³/mol. The van der Waals surface area contributed by atoms with Crippen LogP contribution >= 0.6 is 0 Å². The summed E-state index contributed by atoms with van der Waals surface area (Å²) in [6.45, 7) is 7.04. The van der Waals surface area contributed by atoms with Crippen LogP contribution < -0.4 is 5.56 Å². The number of nitrogens with zero attached hydrogens (tertiary/aromatic N) is 1. The Kier molecular flexibility index (Phi) is 8.06. The van der Waals surface area contributed by atoms with Crippen molar-refractivity contribution in [3.8, 4) is 5.75 Å². The SMILES string of the molecule is CCOC(=O)c1cn(C(CC2CCC(OC)CC2)C(=O)OC(C)(C)C)c(=O)cc1O. The molecule has 0 aromatic carbocycles.